The Kier molecular flexibility index (Phi) is 6.73. The van der Waals surface area contributed by atoms with Crippen LogP contribution in [0.25, 0.3) is 16.9 Å². The third-order valence-electron chi connectivity index (χ3n) is 5.63. The van der Waals surface area contributed by atoms with Gasteiger partial charge in [-0.2, -0.15) is 5.10 Å². The second-order valence-corrected chi connectivity index (χ2v) is 8.58. The molecule has 5 aromatic rings. The second-order valence-electron chi connectivity index (χ2n) is 8.18. The average molecular weight is 478 g/mol. The van der Waals surface area contributed by atoms with E-state index in [1.165, 1.54) is 5.56 Å². The van der Waals surface area contributed by atoms with E-state index in [1.54, 1.807) is 0 Å². The number of benzene rings is 4. The van der Waals surface area contributed by atoms with Gasteiger partial charge in [-0.05, 0) is 37.3 Å². The number of hydrogen-bond donors (Lipinski definition) is 0. The zero-order chi connectivity index (χ0) is 24.0. The summed E-state index contributed by atoms with van der Waals surface area (Å²) in [5, 5.41) is 5.55. The van der Waals surface area contributed by atoms with Crippen molar-refractivity contribution in [2.75, 3.05) is 0 Å². The summed E-state index contributed by atoms with van der Waals surface area (Å²) in [7, 11) is 0. The lowest BCUT2D eigenvalue weighted by atomic mass is 10.1. The Morgan fingerprint density at radius 2 is 1.57 bits per heavy atom. The number of nitrogens with zero attached hydrogens (tertiary/aromatic N) is 3. The number of aliphatic imine (C=N–C) groups is 1. The number of aromatic nitrogens is 2. The van der Waals surface area contributed by atoms with Crippen LogP contribution in [0.5, 0.6) is 5.75 Å². The molecule has 0 aliphatic heterocycles. The number of ether oxygens (including phenoxy) is 1. The molecule has 0 amide bonds. The first-order chi connectivity index (χ1) is 17.2. The molecule has 0 fully saturated rings. The molecule has 0 N–H and O–H groups in total. The molecule has 172 valence electrons. The van der Waals surface area contributed by atoms with Crippen LogP contribution in [0, 0.1) is 6.92 Å². The number of aryl methyl sites for hydroxylation is 1. The van der Waals surface area contributed by atoms with Crippen LogP contribution in [-0.2, 0) is 6.61 Å². The van der Waals surface area contributed by atoms with Crippen molar-refractivity contribution >= 4 is 23.6 Å². The van der Waals surface area contributed by atoms with Crippen LogP contribution >= 0.6 is 11.6 Å². The molecule has 0 radical (unpaired) electrons. The molecular formula is C30H24ClN3O. The van der Waals surface area contributed by atoms with E-state index in [0.29, 0.717) is 11.6 Å². The molecule has 0 bridgehead atoms. The van der Waals surface area contributed by atoms with Gasteiger partial charge in [0.1, 0.15) is 12.4 Å². The summed E-state index contributed by atoms with van der Waals surface area (Å²) >= 11 is 6.29. The summed E-state index contributed by atoms with van der Waals surface area (Å²) in [6.07, 6.45) is 1.82. The van der Waals surface area contributed by atoms with Gasteiger partial charge >= 0.3 is 0 Å². The Morgan fingerprint density at radius 3 is 2.37 bits per heavy atom. The molecule has 5 heteroatoms. The van der Waals surface area contributed by atoms with Gasteiger partial charge in [-0.1, -0.05) is 90.0 Å². The zero-order valence-corrected chi connectivity index (χ0v) is 20.1. The Balaban J connectivity index is 1.47. The van der Waals surface area contributed by atoms with Gasteiger partial charge in [-0.25, -0.2) is 9.67 Å². The lowest BCUT2D eigenvalue weighted by Gasteiger charge is -2.10. The number of para-hydroxylation sites is 2. The van der Waals surface area contributed by atoms with Gasteiger partial charge in [0.05, 0.1) is 11.4 Å². The summed E-state index contributed by atoms with van der Waals surface area (Å²) in [4.78, 5) is 4.82. The molecular weight excluding hydrogens is 454 g/mol. The van der Waals surface area contributed by atoms with E-state index >= 15 is 0 Å². The highest BCUT2D eigenvalue weighted by Crippen LogP contribution is 2.28. The molecule has 0 aliphatic carbocycles. The minimum Gasteiger partial charge on any atom is -0.488 e. The lowest BCUT2D eigenvalue weighted by molar-refractivity contribution is 0.306. The predicted octanol–water partition coefficient (Wildman–Crippen LogP) is 7.83. The molecule has 0 spiro atoms. The van der Waals surface area contributed by atoms with E-state index in [4.69, 9.17) is 26.4 Å². The van der Waals surface area contributed by atoms with Crippen LogP contribution < -0.4 is 4.74 Å². The van der Waals surface area contributed by atoms with Gasteiger partial charge in [0.25, 0.3) is 0 Å². The molecule has 4 aromatic carbocycles. The fourth-order valence-electron chi connectivity index (χ4n) is 3.71. The Hall–Kier alpha value is -4.15. The van der Waals surface area contributed by atoms with Crippen molar-refractivity contribution in [3.63, 3.8) is 0 Å². The molecule has 1 aromatic heterocycles. The highest BCUT2D eigenvalue weighted by Gasteiger charge is 2.11. The van der Waals surface area contributed by atoms with Crippen LogP contribution in [-0.4, -0.2) is 16.0 Å². The normalized spacial score (nSPS) is 11.1. The van der Waals surface area contributed by atoms with Gasteiger partial charge in [0.15, 0.2) is 5.82 Å². The van der Waals surface area contributed by atoms with Crippen molar-refractivity contribution < 1.29 is 4.74 Å². The zero-order valence-electron chi connectivity index (χ0n) is 19.3. The SMILES string of the molecule is Cc1ccc(-c2cc(N=Cc3ccccc3OCc3ccccc3Cl)n(-c3ccccc3)n2)cc1. The van der Waals surface area contributed by atoms with Crippen LogP contribution in [0.3, 0.4) is 0 Å². The van der Waals surface area contributed by atoms with Crippen molar-refractivity contribution in [2.45, 2.75) is 13.5 Å². The molecule has 0 saturated heterocycles. The average Bonchev–Trinajstić information content (AvgIpc) is 3.33. The van der Waals surface area contributed by atoms with Gasteiger partial charge in [0.2, 0.25) is 0 Å². The predicted molar refractivity (Wildman–Crippen MR) is 143 cm³/mol. The molecule has 0 aliphatic rings. The van der Waals surface area contributed by atoms with Crippen LogP contribution in [0.4, 0.5) is 5.82 Å². The van der Waals surface area contributed by atoms with E-state index < -0.39 is 0 Å². The Labute approximate surface area is 210 Å². The van der Waals surface area contributed by atoms with E-state index in [0.717, 1.165) is 39.6 Å². The van der Waals surface area contributed by atoms with Gasteiger partial charge in [-0.3, -0.25) is 0 Å². The third kappa shape index (κ3) is 5.34. The first kappa shape index (κ1) is 22.6. The van der Waals surface area contributed by atoms with E-state index in [-0.39, 0.29) is 0 Å². The maximum Gasteiger partial charge on any atom is 0.156 e. The van der Waals surface area contributed by atoms with Crippen molar-refractivity contribution in [1.82, 2.24) is 9.78 Å². The minimum absolute atomic E-state index is 0.379. The molecule has 1 heterocycles. The van der Waals surface area contributed by atoms with Gasteiger partial charge in [0, 0.05) is 34.0 Å². The molecule has 4 nitrogen and oxygen atoms in total. The first-order valence-corrected chi connectivity index (χ1v) is 11.8. The van der Waals surface area contributed by atoms with E-state index in [2.05, 4.69) is 31.2 Å². The van der Waals surface area contributed by atoms with Crippen LogP contribution in [0.15, 0.2) is 114 Å². The third-order valence-corrected chi connectivity index (χ3v) is 6.00. The van der Waals surface area contributed by atoms with Crippen molar-refractivity contribution in [1.29, 1.82) is 0 Å². The summed E-state index contributed by atoms with van der Waals surface area (Å²) in [5.74, 6) is 1.47. The smallest absolute Gasteiger partial charge is 0.156 e. The van der Waals surface area contributed by atoms with Crippen LogP contribution in [0.2, 0.25) is 5.02 Å². The highest BCUT2D eigenvalue weighted by atomic mass is 35.5. The minimum atomic E-state index is 0.379. The largest absolute Gasteiger partial charge is 0.488 e. The number of halogens is 1. The maximum absolute atomic E-state index is 6.29. The summed E-state index contributed by atoms with van der Waals surface area (Å²) in [6.45, 7) is 2.46. The van der Waals surface area contributed by atoms with Crippen LogP contribution in [0.1, 0.15) is 16.7 Å². The standard InChI is InChI=1S/C30H24ClN3O/c1-22-15-17-23(18-16-22)28-19-30(34(33-28)26-11-3-2-4-12-26)32-20-24-9-6-8-14-29(24)35-21-25-10-5-7-13-27(25)31/h2-20H,21H2,1H3. The van der Waals surface area contributed by atoms with Crippen molar-refractivity contribution in [2.24, 2.45) is 4.99 Å². The van der Waals surface area contributed by atoms with Crippen molar-refractivity contribution in [3.05, 3.63) is 131 Å². The summed E-state index contributed by atoms with van der Waals surface area (Å²) < 4.78 is 7.95. The van der Waals surface area contributed by atoms with E-state index in [1.807, 2.05) is 95.8 Å². The quantitative estimate of drug-likeness (QED) is 0.224. The highest BCUT2D eigenvalue weighted by molar-refractivity contribution is 6.31. The topological polar surface area (TPSA) is 39.4 Å². The van der Waals surface area contributed by atoms with E-state index in [9.17, 15) is 0 Å². The summed E-state index contributed by atoms with van der Waals surface area (Å²) in [5.41, 5.74) is 5.88. The fraction of sp³-hybridized carbons (Fsp3) is 0.0667. The maximum atomic E-state index is 6.29. The monoisotopic (exact) mass is 477 g/mol. The number of hydrogen-bond acceptors (Lipinski definition) is 3. The van der Waals surface area contributed by atoms with Crippen molar-refractivity contribution in [3.8, 4) is 22.7 Å². The summed E-state index contributed by atoms with van der Waals surface area (Å²) in [6, 6.07) is 35.9. The molecule has 5 rings (SSSR count). The first-order valence-electron chi connectivity index (χ1n) is 11.4. The lowest BCUT2D eigenvalue weighted by Crippen LogP contribution is -1.99. The molecule has 0 saturated carbocycles. The Morgan fingerprint density at radius 1 is 0.857 bits per heavy atom. The Bertz CT molecular complexity index is 1460. The molecule has 0 unspecified atom stereocenters. The fourth-order valence-corrected chi connectivity index (χ4v) is 3.90. The molecule has 35 heavy (non-hydrogen) atoms. The van der Waals surface area contributed by atoms with Gasteiger partial charge < -0.3 is 4.74 Å². The molecule has 0 atom stereocenters. The van der Waals surface area contributed by atoms with Gasteiger partial charge in [-0.15, -0.1) is 0 Å². The number of rotatable bonds is 7. The second kappa shape index (κ2) is 10.4.